The van der Waals surface area contributed by atoms with Gasteiger partial charge in [-0.15, -0.1) is 24.0 Å². The topological polar surface area (TPSA) is 79.5 Å². The zero-order valence-electron chi connectivity index (χ0n) is 4.55. The molecule has 0 aromatic heterocycles. The Bertz CT molecular complexity index is 145. The molecule has 6 heteroatoms. The zero-order valence-corrected chi connectivity index (χ0v) is 6.88. The summed E-state index contributed by atoms with van der Waals surface area (Å²) in [4.78, 5) is 13.9. The molecule has 0 fully saturated rings. The van der Waals surface area contributed by atoms with Gasteiger partial charge in [-0.2, -0.15) is 0 Å². The van der Waals surface area contributed by atoms with Crippen LogP contribution in [0.15, 0.2) is 4.99 Å². The number of hydrogen-bond acceptors (Lipinski definition) is 4. The molecule has 0 unspecified atom stereocenters. The van der Waals surface area contributed by atoms with Crippen LogP contribution in [0, 0.1) is 0 Å². The monoisotopic (exact) mass is 242 g/mol. The Balaban J connectivity index is 0.000000640. The largest absolute Gasteiger partial charge is 0.294 e. The van der Waals surface area contributed by atoms with Gasteiger partial charge in [0.15, 0.2) is 0 Å². The maximum Gasteiger partial charge on any atom is 0.248 e. The predicted octanol–water partition coefficient (Wildman–Crippen LogP) is -1.45. The van der Waals surface area contributed by atoms with Gasteiger partial charge in [0.25, 0.3) is 0 Å². The number of carbonyl (C=O) groups is 1. The number of hydrogen-bond donors (Lipinski definition) is 3. The second-order valence-electron chi connectivity index (χ2n) is 1.36. The summed E-state index contributed by atoms with van der Waals surface area (Å²) in [5, 5.41) is 2.38. The van der Waals surface area contributed by atoms with Crippen LogP contribution < -0.4 is 16.6 Å². The highest BCUT2D eigenvalue weighted by Gasteiger charge is 2.09. The summed E-state index contributed by atoms with van der Waals surface area (Å²) < 4.78 is 0. The fourth-order valence-corrected chi connectivity index (χ4v) is 0.444. The van der Waals surface area contributed by atoms with Crippen LogP contribution in [0.5, 0.6) is 0 Å². The summed E-state index contributed by atoms with van der Waals surface area (Å²) in [6, 6.07) is 0. The molecule has 52 valence electrons. The van der Waals surface area contributed by atoms with Crippen LogP contribution in [0.25, 0.3) is 0 Å². The molecular formula is C3H7IN4O. The Kier molecular flexibility index (Phi) is 3.47. The number of halogens is 1. The van der Waals surface area contributed by atoms with Gasteiger partial charge in [0.1, 0.15) is 6.54 Å². The lowest BCUT2D eigenvalue weighted by Crippen LogP contribution is -2.40. The Morgan fingerprint density at radius 2 is 2.44 bits per heavy atom. The van der Waals surface area contributed by atoms with E-state index in [0.717, 1.165) is 0 Å². The Morgan fingerprint density at radius 1 is 1.78 bits per heavy atom. The van der Waals surface area contributed by atoms with E-state index in [9.17, 15) is 4.79 Å². The third-order valence-electron chi connectivity index (χ3n) is 0.775. The molecule has 0 aromatic rings. The van der Waals surface area contributed by atoms with E-state index in [-0.39, 0.29) is 36.4 Å². The highest BCUT2D eigenvalue weighted by Crippen LogP contribution is 1.80. The quantitative estimate of drug-likeness (QED) is 0.276. The van der Waals surface area contributed by atoms with Gasteiger partial charge in [-0.3, -0.25) is 15.5 Å². The van der Waals surface area contributed by atoms with Gasteiger partial charge in [-0.25, -0.2) is 10.8 Å². The molecule has 9 heavy (non-hydrogen) atoms. The summed E-state index contributed by atoms with van der Waals surface area (Å²) in [5.74, 6) is 5.12. The number of aliphatic imine (C=N–C) groups is 1. The number of amides is 1. The van der Waals surface area contributed by atoms with Gasteiger partial charge >= 0.3 is 0 Å². The van der Waals surface area contributed by atoms with E-state index in [4.69, 9.17) is 5.84 Å². The molecule has 1 amide bonds. The smallest absolute Gasteiger partial charge is 0.248 e. The van der Waals surface area contributed by atoms with Crippen molar-refractivity contribution in [3.05, 3.63) is 0 Å². The molecule has 0 saturated carbocycles. The normalized spacial score (nSPS) is 15.7. The number of guanidine groups is 1. The average molecular weight is 242 g/mol. The van der Waals surface area contributed by atoms with Crippen molar-refractivity contribution < 1.29 is 4.79 Å². The second-order valence-corrected chi connectivity index (χ2v) is 1.36. The lowest BCUT2D eigenvalue weighted by atomic mass is 10.7. The lowest BCUT2D eigenvalue weighted by molar-refractivity contribution is -0.117. The summed E-state index contributed by atoms with van der Waals surface area (Å²) in [5.41, 5.74) is 2.21. The maximum atomic E-state index is 10.3. The van der Waals surface area contributed by atoms with Crippen LogP contribution in [-0.2, 0) is 4.79 Å². The summed E-state index contributed by atoms with van der Waals surface area (Å²) in [6.45, 7) is 0.180. The molecule has 1 aliphatic heterocycles. The Hall–Kier alpha value is -0.370. The van der Waals surface area contributed by atoms with Gasteiger partial charge in [0, 0.05) is 0 Å². The van der Waals surface area contributed by atoms with E-state index in [2.05, 4.69) is 15.7 Å². The highest BCUT2D eigenvalue weighted by atomic mass is 127. The molecule has 0 aromatic carbocycles. The van der Waals surface area contributed by atoms with Crippen LogP contribution in [0.2, 0.25) is 0 Å². The second kappa shape index (κ2) is 3.62. The fraction of sp³-hybridized carbons (Fsp3) is 0.333. The molecule has 1 rings (SSSR count). The van der Waals surface area contributed by atoms with Crippen LogP contribution in [0.3, 0.4) is 0 Å². The van der Waals surface area contributed by atoms with E-state index >= 15 is 0 Å². The van der Waals surface area contributed by atoms with Gasteiger partial charge in [0.05, 0.1) is 0 Å². The number of nitrogens with zero attached hydrogens (tertiary/aromatic N) is 1. The van der Waals surface area contributed by atoms with Crippen LogP contribution in [-0.4, -0.2) is 18.4 Å². The first-order valence-corrected chi connectivity index (χ1v) is 2.14. The highest BCUT2D eigenvalue weighted by molar-refractivity contribution is 14.0. The van der Waals surface area contributed by atoms with E-state index in [1.165, 1.54) is 0 Å². The molecule has 5 nitrogen and oxygen atoms in total. The molecule has 0 saturated heterocycles. The van der Waals surface area contributed by atoms with Crippen LogP contribution in [0.4, 0.5) is 0 Å². The van der Waals surface area contributed by atoms with Crippen LogP contribution in [0.1, 0.15) is 0 Å². The summed E-state index contributed by atoms with van der Waals surface area (Å²) in [7, 11) is 0. The maximum absolute atomic E-state index is 10.3. The minimum atomic E-state index is -0.127. The molecule has 0 aliphatic carbocycles. The van der Waals surface area contributed by atoms with E-state index in [0.29, 0.717) is 5.96 Å². The number of hydrazine groups is 1. The van der Waals surface area contributed by atoms with Crippen molar-refractivity contribution in [1.29, 1.82) is 0 Å². The number of nitrogens with one attached hydrogen (secondary N) is 2. The molecule has 1 heterocycles. The standard InChI is InChI=1S/C3H6N4O.HI/c4-7-3-5-1-2(8)6-3;/h1,4H2,(H2,5,6,7,8);1H. The van der Waals surface area contributed by atoms with Gasteiger partial charge in [-0.05, 0) is 0 Å². The zero-order chi connectivity index (χ0) is 5.98. The number of rotatable bonds is 0. The van der Waals surface area contributed by atoms with Crippen molar-refractivity contribution in [2.24, 2.45) is 10.8 Å². The minimum absolute atomic E-state index is 0. The number of nitrogens with two attached hydrogens (primary N) is 1. The van der Waals surface area contributed by atoms with Crippen molar-refractivity contribution >= 4 is 35.8 Å². The minimum Gasteiger partial charge on any atom is -0.294 e. The van der Waals surface area contributed by atoms with E-state index in [1.807, 2.05) is 0 Å². The van der Waals surface area contributed by atoms with Crippen molar-refractivity contribution in [2.75, 3.05) is 6.54 Å². The first-order valence-electron chi connectivity index (χ1n) is 2.14. The van der Waals surface area contributed by atoms with E-state index in [1.54, 1.807) is 0 Å². The molecule has 0 bridgehead atoms. The molecule has 0 atom stereocenters. The van der Waals surface area contributed by atoms with Gasteiger partial charge in [-0.1, -0.05) is 0 Å². The molecule has 0 spiro atoms. The SMILES string of the molecule is I.NNC1=NCC(=O)N1. The van der Waals surface area contributed by atoms with Crippen LogP contribution >= 0.6 is 24.0 Å². The molecule has 0 radical (unpaired) electrons. The van der Waals surface area contributed by atoms with Gasteiger partial charge in [0.2, 0.25) is 11.9 Å². The van der Waals surface area contributed by atoms with Crippen molar-refractivity contribution in [1.82, 2.24) is 10.7 Å². The fourth-order valence-electron chi connectivity index (χ4n) is 0.444. The lowest BCUT2D eigenvalue weighted by Gasteiger charge is -1.94. The van der Waals surface area contributed by atoms with Crippen molar-refractivity contribution in [3.63, 3.8) is 0 Å². The number of carbonyl (C=O) groups excluding carboxylic acids is 1. The first-order chi connectivity index (χ1) is 3.83. The van der Waals surface area contributed by atoms with Crippen molar-refractivity contribution in [2.45, 2.75) is 0 Å². The Morgan fingerprint density at radius 3 is 2.67 bits per heavy atom. The molecular weight excluding hydrogens is 235 g/mol. The Labute approximate surface area is 69.1 Å². The molecule has 4 N–H and O–H groups in total. The first kappa shape index (κ1) is 8.63. The molecule has 1 aliphatic rings. The summed E-state index contributed by atoms with van der Waals surface area (Å²) >= 11 is 0. The van der Waals surface area contributed by atoms with E-state index < -0.39 is 0 Å². The third-order valence-corrected chi connectivity index (χ3v) is 0.775. The van der Waals surface area contributed by atoms with Gasteiger partial charge < -0.3 is 0 Å². The van der Waals surface area contributed by atoms with Crippen molar-refractivity contribution in [3.8, 4) is 0 Å². The summed E-state index contributed by atoms with van der Waals surface area (Å²) in [6.07, 6.45) is 0. The predicted molar refractivity (Wildman–Crippen MR) is 43.2 cm³/mol. The third kappa shape index (κ3) is 2.14. The average Bonchev–Trinajstić information content (AvgIpc) is 2.14.